The van der Waals surface area contributed by atoms with Gasteiger partial charge < -0.3 is 20.7 Å². The van der Waals surface area contributed by atoms with Crippen LogP contribution in [0.3, 0.4) is 0 Å². The Morgan fingerprint density at radius 1 is 1.32 bits per heavy atom. The zero-order valence-electron chi connectivity index (χ0n) is 17.6. The highest BCUT2D eigenvalue weighted by atomic mass is 19.1. The minimum absolute atomic E-state index is 0.0288. The molecule has 8 heteroatoms. The van der Waals surface area contributed by atoms with E-state index in [0.29, 0.717) is 19.0 Å². The molecular weight excluding hydrogens is 361 g/mol. The van der Waals surface area contributed by atoms with Crippen LogP contribution in [0.1, 0.15) is 59.6 Å². The standard InChI is InChI=1S/C20H34FN5O2/c1-6-8-10-15(13-25-19(27)28-20(3,4)5)26-18(22-7-2)24-14-17-16(21)11-9-12-23-17/h9,11-12,15H,6-8,10,13-14H2,1-5H3,(H,25,27)(H2,22,24,26). The van der Waals surface area contributed by atoms with E-state index in [1.807, 2.05) is 27.7 Å². The van der Waals surface area contributed by atoms with Crippen LogP contribution in [0.4, 0.5) is 9.18 Å². The Hall–Kier alpha value is -2.38. The van der Waals surface area contributed by atoms with Gasteiger partial charge in [0.2, 0.25) is 0 Å². The molecule has 1 aromatic rings. The summed E-state index contributed by atoms with van der Waals surface area (Å²) < 4.78 is 19.1. The van der Waals surface area contributed by atoms with Crippen LogP contribution in [0.5, 0.6) is 0 Å². The molecule has 1 rings (SSSR count). The van der Waals surface area contributed by atoms with Gasteiger partial charge in [0.1, 0.15) is 11.4 Å². The summed E-state index contributed by atoms with van der Waals surface area (Å²) in [5, 5.41) is 9.27. The molecule has 1 aromatic heterocycles. The van der Waals surface area contributed by atoms with Gasteiger partial charge in [0.15, 0.2) is 5.96 Å². The average molecular weight is 396 g/mol. The summed E-state index contributed by atoms with van der Waals surface area (Å²) >= 11 is 0. The molecule has 1 unspecified atom stereocenters. The number of carbonyl (C=O) groups excluding carboxylic acids is 1. The predicted octanol–water partition coefficient (Wildman–Crippen LogP) is 3.36. The van der Waals surface area contributed by atoms with Gasteiger partial charge in [0.25, 0.3) is 0 Å². The minimum Gasteiger partial charge on any atom is -0.444 e. The van der Waals surface area contributed by atoms with Crippen LogP contribution in [-0.2, 0) is 11.3 Å². The van der Waals surface area contributed by atoms with Gasteiger partial charge in [-0.1, -0.05) is 19.8 Å². The number of nitrogens with zero attached hydrogens (tertiary/aromatic N) is 2. The van der Waals surface area contributed by atoms with E-state index in [-0.39, 0.29) is 24.1 Å². The molecule has 0 aliphatic heterocycles. The first-order valence-electron chi connectivity index (χ1n) is 9.86. The molecule has 158 valence electrons. The molecule has 1 amide bonds. The Labute approximate surface area is 167 Å². The average Bonchev–Trinajstić information content (AvgIpc) is 2.61. The monoisotopic (exact) mass is 395 g/mol. The minimum atomic E-state index is -0.542. The summed E-state index contributed by atoms with van der Waals surface area (Å²) in [5.41, 5.74) is -0.253. The number of pyridine rings is 1. The second-order valence-corrected chi connectivity index (χ2v) is 7.49. The quantitative estimate of drug-likeness (QED) is 0.441. The molecular formula is C20H34FN5O2. The Morgan fingerprint density at radius 2 is 2.07 bits per heavy atom. The third-order valence-electron chi connectivity index (χ3n) is 3.70. The van der Waals surface area contributed by atoms with Gasteiger partial charge in [-0.15, -0.1) is 0 Å². The maximum Gasteiger partial charge on any atom is 0.407 e. The van der Waals surface area contributed by atoms with E-state index in [0.717, 1.165) is 19.3 Å². The van der Waals surface area contributed by atoms with Crippen LogP contribution in [-0.4, -0.2) is 41.8 Å². The van der Waals surface area contributed by atoms with Gasteiger partial charge in [-0.3, -0.25) is 4.98 Å². The molecule has 0 radical (unpaired) electrons. The molecule has 1 heterocycles. The number of rotatable bonds is 9. The number of carbonyl (C=O) groups is 1. The predicted molar refractivity (Wildman–Crippen MR) is 110 cm³/mol. The number of hydrogen-bond acceptors (Lipinski definition) is 4. The number of ether oxygens (including phenoxy) is 1. The third kappa shape index (κ3) is 10.1. The van der Waals surface area contributed by atoms with E-state index in [1.165, 1.54) is 6.07 Å². The number of aliphatic imine (C=N–C) groups is 1. The van der Waals surface area contributed by atoms with Crippen LogP contribution >= 0.6 is 0 Å². The van der Waals surface area contributed by atoms with Crippen LogP contribution in [0.2, 0.25) is 0 Å². The van der Waals surface area contributed by atoms with Crippen LogP contribution in [0, 0.1) is 5.82 Å². The first-order chi connectivity index (χ1) is 13.2. The first kappa shape index (κ1) is 23.7. The Morgan fingerprint density at radius 3 is 2.68 bits per heavy atom. The zero-order valence-corrected chi connectivity index (χ0v) is 17.6. The maximum absolute atomic E-state index is 13.8. The molecule has 0 saturated carbocycles. The number of aromatic nitrogens is 1. The SMILES string of the molecule is CCCCC(CNC(=O)OC(C)(C)C)NC(=NCc1ncccc1F)NCC. The molecule has 0 fully saturated rings. The molecule has 1 atom stereocenters. The van der Waals surface area contributed by atoms with Gasteiger partial charge in [-0.2, -0.15) is 0 Å². The summed E-state index contributed by atoms with van der Waals surface area (Å²) in [5.74, 6) is 0.177. The number of amides is 1. The zero-order chi connectivity index (χ0) is 21.0. The normalized spacial score (nSPS) is 13.0. The summed E-state index contributed by atoms with van der Waals surface area (Å²) in [6, 6.07) is 2.89. The molecule has 7 nitrogen and oxygen atoms in total. The molecule has 0 bridgehead atoms. The summed E-state index contributed by atoms with van der Waals surface area (Å²) in [6.45, 7) is 10.7. The van der Waals surface area contributed by atoms with Gasteiger partial charge in [-0.25, -0.2) is 14.2 Å². The first-order valence-corrected chi connectivity index (χ1v) is 9.86. The van der Waals surface area contributed by atoms with Crippen LogP contribution in [0.25, 0.3) is 0 Å². The van der Waals surface area contributed by atoms with Crippen LogP contribution in [0.15, 0.2) is 23.3 Å². The number of halogens is 1. The topological polar surface area (TPSA) is 87.6 Å². The van der Waals surface area contributed by atoms with Gasteiger partial charge in [0.05, 0.1) is 12.2 Å². The van der Waals surface area contributed by atoms with E-state index in [1.54, 1.807) is 12.3 Å². The molecule has 28 heavy (non-hydrogen) atoms. The molecule has 0 aromatic carbocycles. The van der Waals surface area contributed by atoms with Crippen molar-refractivity contribution in [3.63, 3.8) is 0 Å². The van der Waals surface area contributed by atoms with Crippen molar-refractivity contribution in [1.29, 1.82) is 0 Å². The lowest BCUT2D eigenvalue weighted by molar-refractivity contribution is 0.0522. The number of guanidine groups is 1. The maximum atomic E-state index is 13.8. The number of hydrogen-bond donors (Lipinski definition) is 3. The van der Waals surface area contributed by atoms with E-state index in [4.69, 9.17) is 4.74 Å². The summed E-state index contributed by atoms with van der Waals surface area (Å²) in [7, 11) is 0. The highest BCUT2D eigenvalue weighted by Gasteiger charge is 2.18. The van der Waals surface area contributed by atoms with E-state index in [2.05, 4.69) is 32.9 Å². The van der Waals surface area contributed by atoms with Crippen molar-refractivity contribution in [2.75, 3.05) is 13.1 Å². The number of nitrogens with one attached hydrogen (secondary N) is 3. The van der Waals surface area contributed by atoms with Crippen molar-refractivity contribution in [3.8, 4) is 0 Å². The van der Waals surface area contributed by atoms with Crippen molar-refractivity contribution in [2.45, 2.75) is 72.1 Å². The van der Waals surface area contributed by atoms with Crippen molar-refractivity contribution >= 4 is 12.1 Å². The summed E-state index contributed by atoms with van der Waals surface area (Å²) in [4.78, 5) is 20.4. The van der Waals surface area contributed by atoms with E-state index < -0.39 is 11.7 Å². The smallest absolute Gasteiger partial charge is 0.407 e. The number of alkyl carbamates (subject to hydrolysis) is 1. The lowest BCUT2D eigenvalue weighted by atomic mass is 10.1. The fourth-order valence-corrected chi connectivity index (χ4v) is 2.40. The number of unbranched alkanes of at least 4 members (excludes halogenated alkanes) is 1. The fraction of sp³-hybridized carbons (Fsp3) is 0.650. The van der Waals surface area contributed by atoms with Crippen molar-refractivity contribution in [1.82, 2.24) is 20.9 Å². The summed E-state index contributed by atoms with van der Waals surface area (Å²) in [6.07, 6.45) is 3.99. The molecule has 0 saturated heterocycles. The lowest BCUT2D eigenvalue weighted by Crippen LogP contribution is -2.49. The van der Waals surface area contributed by atoms with Crippen molar-refractivity contribution in [3.05, 3.63) is 29.8 Å². The van der Waals surface area contributed by atoms with Gasteiger partial charge >= 0.3 is 6.09 Å². The van der Waals surface area contributed by atoms with Crippen LogP contribution < -0.4 is 16.0 Å². The fourth-order valence-electron chi connectivity index (χ4n) is 2.40. The third-order valence-corrected chi connectivity index (χ3v) is 3.70. The lowest BCUT2D eigenvalue weighted by Gasteiger charge is -2.24. The molecule has 3 N–H and O–H groups in total. The van der Waals surface area contributed by atoms with E-state index in [9.17, 15) is 9.18 Å². The molecule has 0 aliphatic carbocycles. The van der Waals surface area contributed by atoms with Crippen molar-refractivity contribution < 1.29 is 13.9 Å². The van der Waals surface area contributed by atoms with Gasteiger partial charge in [0, 0.05) is 25.3 Å². The Bertz CT molecular complexity index is 631. The highest BCUT2D eigenvalue weighted by Crippen LogP contribution is 2.07. The second kappa shape index (κ2) is 12.2. The van der Waals surface area contributed by atoms with E-state index >= 15 is 0 Å². The Kier molecular flexibility index (Phi) is 10.3. The largest absolute Gasteiger partial charge is 0.444 e. The molecule has 0 spiro atoms. The molecule has 0 aliphatic rings. The highest BCUT2D eigenvalue weighted by molar-refractivity contribution is 5.80. The second-order valence-electron chi connectivity index (χ2n) is 7.49. The Balaban J connectivity index is 2.73. The van der Waals surface area contributed by atoms with Crippen molar-refractivity contribution in [2.24, 2.45) is 4.99 Å². The van der Waals surface area contributed by atoms with Gasteiger partial charge in [-0.05, 0) is 46.2 Å².